The molecule has 2 heterocycles. The third-order valence-electron chi connectivity index (χ3n) is 5.01. The van der Waals surface area contributed by atoms with Gasteiger partial charge in [-0.3, -0.25) is 4.79 Å². The molecule has 3 aromatic rings. The summed E-state index contributed by atoms with van der Waals surface area (Å²) in [6.45, 7) is 0. The molecular formula is C24H18O9S. The normalized spacial score (nSPS) is 13.6. The molecule has 9 nitrogen and oxygen atoms in total. The van der Waals surface area contributed by atoms with Crippen molar-refractivity contribution in [2.75, 3.05) is 14.2 Å². The predicted octanol–water partition coefficient (Wildman–Crippen LogP) is 3.97. The molecular weight excluding hydrogens is 464 g/mol. The van der Waals surface area contributed by atoms with Crippen molar-refractivity contribution in [2.24, 2.45) is 0 Å². The van der Waals surface area contributed by atoms with Gasteiger partial charge in [-0.15, -0.1) is 11.3 Å². The number of hydrogen-bond acceptors (Lipinski definition) is 8. The van der Waals surface area contributed by atoms with Crippen molar-refractivity contribution in [1.82, 2.24) is 0 Å². The Hall–Kier alpha value is -4.31. The van der Waals surface area contributed by atoms with Crippen LogP contribution in [0.5, 0.6) is 23.0 Å². The van der Waals surface area contributed by atoms with Gasteiger partial charge in [-0.25, -0.2) is 9.59 Å². The van der Waals surface area contributed by atoms with E-state index in [1.165, 1.54) is 42.7 Å². The van der Waals surface area contributed by atoms with Crippen molar-refractivity contribution in [2.45, 2.75) is 5.79 Å². The fraction of sp³-hybridized carbons (Fsp3) is 0.125. The van der Waals surface area contributed by atoms with E-state index >= 15 is 0 Å². The monoisotopic (exact) mass is 482 g/mol. The number of carboxylic acid groups (broad SMARTS) is 2. The summed E-state index contributed by atoms with van der Waals surface area (Å²) < 4.78 is 21.0. The zero-order valence-corrected chi connectivity index (χ0v) is 18.8. The van der Waals surface area contributed by atoms with E-state index in [0.717, 1.165) is 10.4 Å². The van der Waals surface area contributed by atoms with Crippen molar-refractivity contribution in [3.05, 3.63) is 65.0 Å². The Morgan fingerprint density at radius 1 is 0.971 bits per heavy atom. The second-order valence-corrected chi connectivity index (χ2v) is 8.02. The maximum Gasteiger partial charge on any atom is 0.453 e. The highest BCUT2D eigenvalue weighted by molar-refractivity contribution is 7.13. The predicted molar refractivity (Wildman–Crippen MR) is 122 cm³/mol. The summed E-state index contributed by atoms with van der Waals surface area (Å²) in [7, 11) is 3.08. The van der Waals surface area contributed by atoms with Crippen LogP contribution in [0.15, 0.2) is 53.9 Å². The maximum atomic E-state index is 12.8. The number of fused-ring (bicyclic) bond motifs is 1. The molecule has 0 saturated carbocycles. The summed E-state index contributed by atoms with van der Waals surface area (Å²) in [5, 5.41) is 20.4. The van der Waals surface area contributed by atoms with Gasteiger partial charge in [0, 0.05) is 16.0 Å². The summed E-state index contributed by atoms with van der Waals surface area (Å²) in [6.07, 6.45) is 2.93. The molecule has 0 aliphatic carbocycles. The van der Waals surface area contributed by atoms with Crippen LogP contribution in [0, 0.1) is 0 Å². The molecule has 1 aliphatic rings. The zero-order chi connectivity index (χ0) is 24.5. The molecule has 1 aromatic heterocycles. The van der Waals surface area contributed by atoms with Gasteiger partial charge in [0.15, 0.2) is 28.8 Å². The number of hydrogen-bond donors (Lipinski definition) is 2. The number of aliphatic carboxylic acids is 2. The second kappa shape index (κ2) is 8.91. The van der Waals surface area contributed by atoms with Crippen LogP contribution in [0.1, 0.15) is 15.9 Å². The smallest absolute Gasteiger partial charge is 0.453 e. The first kappa shape index (κ1) is 22.9. The Bertz CT molecular complexity index is 1290. The van der Waals surface area contributed by atoms with Crippen LogP contribution in [-0.4, -0.2) is 47.9 Å². The lowest BCUT2D eigenvalue weighted by Crippen LogP contribution is -2.54. The quantitative estimate of drug-likeness (QED) is 0.278. The molecule has 174 valence electrons. The van der Waals surface area contributed by atoms with Gasteiger partial charge in [0.1, 0.15) is 0 Å². The van der Waals surface area contributed by atoms with E-state index < -0.39 is 23.5 Å². The lowest BCUT2D eigenvalue weighted by Gasteiger charge is -2.16. The molecule has 0 spiro atoms. The summed E-state index contributed by atoms with van der Waals surface area (Å²) >= 11 is 1.53. The maximum absolute atomic E-state index is 12.8. The number of ether oxygens (including phenoxy) is 4. The minimum atomic E-state index is -2.89. The summed E-state index contributed by atoms with van der Waals surface area (Å²) in [6, 6.07) is 11.4. The van der Waals surface area contributed by atoms with E-state index in [2.05, 4.69) is 0 Å². The minimum absolute atomic E-state index is 0.0918. The Morgan fingerprint density at radius 3 is 2.32 bits per heavy atom. The number of carbonyl (C=O) groups excluding carboxylic acids is 1. The highest BCUT2D eigenvalue weighted by Gasteiger charge is 2.57. The van der Waals surface area contributed by atoms with Crippen LogP contribution >= 0.6 is 11.3 Å². The topological polar surface area (TPSA) is 129 Å². The molecule has 0 amide bonds. The van der Waals surface area contributed by atoms with Crippen molar-refractivity contribution in [3.63, 3.8) is 0 Å². The van der Waals surface area contributed by atoms with Crippen molar-refractivity contribution < 1.29 is 43.5 Å². The molecule has 4 rings (SSSR count). The summed E-state index contributed by atoms with van der Waals surface area (Å²) in [5.41, 5.74) is 1.65. The molecule has 0 radical (unpaired) electrons. The van der Waals surface area contributed by atoms with E-state index in [9.17, 15) is 24.6 Å². The molecule has 0 atom stereocenters. The number of rotatable bonds is 8. The van der Waals surface area contributed by atoms with Crippen LogP contribution in [0.25, 0.3) is 16.5 Å². The third-order valence-corrected chi connectivity index (χ3v) is 5.92. The van der Waals surface area contributed by atoms with Gasteiger partial charge in [0.2, 0.25) is 0 Å². The number of ketones is 1. The molecule has 0 saturated heterocycles. The van der Waals surface area contributed by atoms with E-state index in [1.807, 2.05) is 23.6 Å². The van der Waals surface area contributed by atoms with Gasteiger partial charge in [0.25, 0.3) is 0 Å². The Kier molecular flexibility index (Phi) is 5.99. The minimum Gasteiger partial charge on any atom is -0.493 e. The molecule has 0 fully saturated rings. The number of carboxylic acids is 2. The number of thiophene rings is 1. The van der Waals surface area contributed by atoms with Gasteiger partial charge in [-0.05, 0) is 53.4 Å². The van der Waals surface area contributed by atoms with Gasteiger partial charge in [-0.2, -0.15) is 0 Å². The molecule has 2 aromatic carbocycles. The summed E-state index contributed by atoms with van der Waals surface area (Å²) in [4.78, 5) is 36.5. The van der Waals surface area contributed by atoms with Crippen LogP contribution in [0.2, 0.25) is 0 Å². The Balaban J connectivity index is 1.62. The van der Waals surface area contributed by atoms with E-state index in [1.54, 1.807) is 19.3 Å². The second-order valence-electron chi connectivity index (χ2n) is 7.07. The van der Waals surface area contributed by atoms with E-state index in [-0.39, 0.29) is 17.1 Å². The van der Waals surface area contributed by atoms with Crippen LogP contribution in [-0.2, 0) is 9.59 Å². The van der Waals surface area contributed by atoms with E-state index in [0.29, 0.717) is 17.1 Å². The third kappa shape index (κ3) is 3.95. The standard InChI is InChI=1S/C24H18O9S/c1-30-19-11-13(10-15(21(19)31-2)20-4-3-9-34-20)5-7-16(25)14-6-8-17-18(12-14)33-24(32-17,22(26)27)23(28)29/h3-12H,1-2H3,(H,26,27)(H,28,29). The van der Waals surface area contributed by atoms with Crippen LogP contribution in [0.4, 0.5) is 0 Å². The lowest BCUT2D eigenvalue weighted by atomic mass is 10.0. The number of carbonyl (C=O) groups is 3. The number of methoxy groups -OCH3 is 2. The first-order valence-electron chi connectivity index (χ1n) is 9.80. The number of allylic oxidation sites excluding steroid dienone is 1. The molecule has 0 bridgehead atoms. The first-order valence-corrected chi connectivity index (χ1v) is 10.7. The van der Waals surface area contributed by atoms with Crippen molar-refractivity contribution in [3.8, 4) is 33.4 Å². The fourth-order valence-corrected chi connectivity index (χ4v) is 4.13. The Labute approximate surface area is 197 Å². The average Bonchev–Trinajstić information content (AvgIpc) is 3.50. The molecule has 0 unspecified atom stereocenters. The van der Waals surface area contributed by atoms with Crippen LogP contribution in [0.3, 0.4) is 0 Å². The largest absolute Gasteiger partial charge is 0.493 e. The highest BCUT2D eigenvalue weighted by Crippen LogP contribution is 2.42. The SMILES string of the molecule is COc1cc(C=CC(=O)c2ccc3c(c2)OC(C(=O)O)(C(=O)O)O3)cc(-c2cccs2)c1OC. The van der Waals surface area contributed by atoms with Crippen molar-refractivity contribution in [1.29, 1.82) is 0 Å². The lowest BCUT2D eigenvalue weighted by molar-refractivity contribution is -0.194. The van der Waals surface area contributed by atoms with Gasteiger partial charge in [0.05, 0.1) is 14.2 Å². The zero-order valence-electron chi connectivity index (χ0n) is 17.9. The molecule has 2 N–H and O–H groups in total. The fourth-order valence-electron chi connectivity index (χ4n) is 3.39. The average molecular weight is 482 g/mol. The van der Waals surface area contributed by atoms with Gasteiger partial charge in [-0.1, -0.05) is 12.1 Å². The molecule has 34 heavy (non-hydrogen) atoms. The number of benzene rings is 2. The van der Waals surface area contributed by atoms with Crippen LogP contribution < -0.4 is 18.9 Å². The van der Waals surface area contributed by atoms with E-state index in [4.69, 9.17) is 18.9 Å². The first-order chi connectivity index (χ1) is 16.3. The van der Waals surface area contributed by atoms with Gasteiger partial charge < -0.3 is 29.2 Å². The summed E-state index contributed by atoms with van der Waals surface area (Å²) in [5.74, 6) is -6.12. The highest BCUT2D eigenvalue weighted by atomic mass is 32.1. The molecule has 1 aliphatic heterocycles. The van der Waals surface area contributed by atoms with Crippen molar-refractivity contribution >= 4 is 35.1 Å². The van der Waals surface area contributed by atoms with Gasteiger partial charge >= 0.3 is 17.7 Å². The Morgan fingerprint density at radius 2 is 1.71 bits per heavy atom. The molecule has 10 heteroatoms.